The molecule has 0 saturated carbocycles. The van der Waals surface area contributed by atoms with Crippen LogP contribution in [-0.4, -0.2) is 52.5 Å². The molecule has 0 aliphatic carbocycles. The van der Waals surface area contributed by atoms with E-state index in [1.807, 2.05) is 35.0 Å². The summed E-state index contributed by atoms with van der Waals surface area (Å²) in [4.78, 5) is 28.5. The first-order valence-electron chi connectivity index (χ1n) is 8.26. The molecule has 25 heavy (non-hydrogen) atoms. The third kappa shape index (κ3) is 4.33. The molecule has 1 aromatic carbocycles. The molecular weight excluding hydrogens is 340 g/mol. The van der Waals surface area contributed by atoms with Gasteiger partial charge in [0.1, 0.15) is 0 Å². The second kappa shape index (κ2) is 7.61. The average Bonchev–Trinajstić information content (AvgIpc) is 2.87. The van der Waals surface area contributed by atoms with Crippen molar-refractivity contribution in [1.29, 1.82) is 0 Å². The zero-order chi connectivity index (χ0) is 17.8. The molecule has 1 aliphatic heterocycles. The van der Waals surface area contributed by atoms with Crippen molar-refractivity contribution in [3.05, 3.63) is 53.3 Å². The van der Waals surface area contributed by atoms with Gasteiger partial charge in [-0.2, -0.15) is 0 Å². The van der Waals surface area contributed by atoms with Crippen LogP contribution in [0.3, 0.4) is 0 Å². The van der Waals surface area contributed by atoms with Crippen LogP contribution in [0.5, 0.6) is 0 Å². The minimum absolute atomic E-state index is 0.0118. The van der Waals surface area contributed by atoms with Crippen LogP contribution in [0, 0.1) is 0 Å². The Morgan fingerprint density at radius 1 is 1.08 bits per heavy atom. The molecule has 0 bridgehead atoms. The highest BCUT2D eigenvalue weighted by Gasteiger charge is 2.23. The summed E-state index contributed by atoms with van der Waals surface area (Å²) in [5.74, 6) is 0.0118. The Bertz CT molecular complexity index is 774. The first-order chi connectivity index (χ1) is 12.0. The number of anilines is 1. The predicted octanol–water partition coefficient (Wildman–Crippen LogP) is 3.06. The Morgan fingerprint density at radius 3 is 2.56 bits per heavy atom. The molecule has 0 unspecified atom stereocenters. The smallest absolute Gasteiger partial charge is 0.321 e. The molecule has 1 fully saturated rings. The third-order valence-corrected chi connectivity index (χ3v) is 4.46. The lowest BCUT2D eigenvalue weighted by molar-refractivity contribution is 0.0762. The van der Waals surface area contributed by atoms with E-state index in [-0.39, 0.29) is 11.9 Å². The Kier molecular flexibility index (Phi) is 5.28. The van der Waals surface area contributed by atoms with Crippen molar-refractivity contribution in [1.82, 2.24) is 14.4 Å². The maximum Gasteiger partial charge on any atom is 0.321 e. The van der Waals surface area contributed by atoms with Crippen LogP contribution in [0.1, 0.15) is 16.8 Å². The van der Waals surface area contributed by atoms with Crippen LogP contribution in [0.2, 0.25) is 5.02 Å². The quantitative estimate of drug-likeness (QED) is 0.894. The van der Waals surface area contributed by atoms with Gasteiger partial charge in [0.25, 0.3) is 5.91 Å². The average molecular weight is 361 g/mol. The fourth-order valence-electron chi connectivity index (χ4n) is 2.90. The number of urea groups is 1. The van der Waals surface area contributed by atoms with Crippen LogP contribution in [-0.2, 0) is 7.05 Å². The monoisotopic (exact) mass is 360 g/mol. The molecule has 1 saturated heterocycles. The van der Waals surface area contributed by atoms with Gasteiger partial charge < -0.3 is 19.7 Å². The zero-order valence-corrected chi connectivity index (χ0v) is 14.9. The van der Waals surface area contributed by atoms with Crippen LogP contribution >= 0.6 is 11.6 Å². The van der Waals surface area contributed by atoms with E-state index in [1.54, 1.807) is 29.2 Å². The lowest BCUT2D eigenvalue weighted by Gasteiger charge is -2.22. The molecule has 2 heterocycles. The molecule has 3 amide bonds. The number of carbonyl (C=O) groups excluding carboxylic acids is 2. The number of hydrogen-bond donors (Lipinski definition) is 1. The number of nitrogens with one attached hydrogen (secondary N) is 1. The van der Waals surface area contributed by atoms with Crippen molar-refractivity contribution in [2.24, 2.45) is 7.05 Å². The number of rotatable bonds is 2. The first-order valence-corrected chi connectivity index (χ1v) is 8.63. The highest BCUT2D eigenvalue weighted by atomic mass is 35.5. The van der Waals surface area contributed by atoms with Gasteiger partial charge >= 0.3 is 6.03 Å². The number of carbonyl (C=O) groups is 2. The number of nitrogens with zero attached hydrogens (tertiary/aromatic N) is 3. The first kappa shape index (κ1) is 17.4. The molecule has 1 N–H and O–H groups in total. The van der Waals surface area contributed by atoms with Gasteiger partial charge in [-0.1, -0.05) is 17.7 Å². The molecule has 1 aliphatic rings. The summed E-state index contributed by atoms with van der Waals surface area (Å²) in [6, 6.07) is 8.71. The molecule has 3 rings (SSSR count). The van der Waals surface area contributed by atoms with Gasteiger partial charge in [0.2, 0.25) is 0 Å². The van der Waals surface area contributed by atoms with E-state index in [0.29, 0.717) is 42.5 Å². The fourth-order valence-corrected chi connectivity index (χ4v) is 3.10. The summed E-state index contributed by atoms with van der Waals surface area (Å²) in [6.07, 6.45) is 4.42. The normalized spacial score (nSPS) is 15.0. The van der Waals surface area contributed by atoms with Crippen LogP contribution in [0.25, 0.3) is 0 Å². The van der Waals surface area contributed by atoms with Crippen LogP contribution in [0.15, 0.2) is 42.7 Å². The van der Waals surface area contributed by atoms with Gasteiger partial charge in [0.05, 0.1) is 5.56 Å². The molecule has 2 aromatic rings. The standard InChI is InChI=1S/C18H21ClN4O2/c1-21-9-6-14(13-21)17(24)22-7-3-8-23(11-10-22)18(25)20-16-5-2-4-15(19)12-16/h2,4-6,9,12-13H,3,7-8,10-11H2,1H3,(H,20,25). The molecule has 0 atom stereocenters. The van der Waals surface area contributed by atoms with E-state index in [1.165, 1.54) is 0 Å². The van der Waals surface area contributed by atoms with Crippen molar-refractivity contribution in [3.8, 4) is 0 Å². The fraction of sp³-hybridized carbons (Fsp3) is 0.333. The van der Waals surface area contributed by atoms with Crippen molar-refractivity contribution in [2.45, 2.75) is 6.42 Å². The lowest BCUT2D eigenvalue weighted by atomic mass is 10.3. The van der Waals surface area contributed by atoms with E-state index in [9.17, 15) is 9.59 Å². The highest BCUT2D eigenvalue weighted by molar-refractivity contribution is 6.30. The van der Waals surface area contributed by atoms with Gasteiger partial charge in [-0.15, -0.1) is 0 Å². The molecule has 7 heteroatoms. The van der Waals surface area contributed by atoms with E-state index in [0.717, 1.165) is 6.42 Å². The molecule has 132 valence electrons. The topological polar surface area (TPSA) is 57.6 Å². The number of aryl methyl sites for hydroxylation is 1. The number of halogens is 1. The molecular formula is C18H21ClN4O2. The minimum Gasteiger partial charge on any atom is -0.356 e. The summed E-state index contributed by atoms with van der Waals surface area (Å²) < 4.78 is 1.86. The second-order valence-corrected chi connectivity index (χ2v) is 6.58. The van der Waals surface area contributed by atoms with Crippen LogP contribution < -0.4 is 5.32 Å². The maximum atomic E-state index is 12.5. The van der Waals surface area contributed by atoms with Gasteiger partial charge in [-0.25, -0.2) is 4.79 Å². The Balaban J connectivity index is 1.59. The summed E-state index contributed by atoms with van der Waals surface area (Å²) in [5.41, 5.74) is 1.35. The van der Waals surface area contributed by atoms with E-state index in [2.05, 4.69) is 5.32 Å². The van der Waals surface area contributed by atoms with Gasteiger partial charge in [0.15, 0.2) is 0 Å². The summed E-state index contributed by atoms with van der Waals surface area (Å²) in [5, 5.41) is 3.43. The van der Waals surface area contributed by atoms with Gasteiger partial charge in [-0.05, 0) is 30.7 Å². The largest absolute Gasteiger partial charge is 0.356 e. The summed E-state index contributed by atoms with van der Waals surface area (Å²) in [6.45, 7) is 2.29. The number of hydrogen-bond acceptors (Lipinski definition) is 2. The Hall–Kier alpha value is -2.47. The van der Waals surface area contributed by atoms with Gasteiger partial charge in [-0.3, -0.25) is 4.79 Å². The Morgan fingerprint density at radius 2 is 1.84 bits per heavy atom. The van der Waals surface area contributed by atoms with Crippen molar-refractivity contribution < 1.29 is 9.59 Å². The number of benzene rings is 1. The van der Waals surface area contributed by atoms with Crippen LogP contribution in [0.4, 0.5) is 10.5 Å². The predicted molar refractivity (Wildman–Crippen MR) is 98.0 cm³/mol. The minimum atomic E-state index is -0.170. The maximum absolute atomic E-state index is 12.5. The second-order valence-electron chi connectivity index (χ2n) is 6.14. The summed E-state index contributed by atoms with van der Waals surface area (Å²) >= 11 is 5.94. The van der Waals surface area contributed by atoms with E-state index >= 15 is 0 Å². The van der Waals surface area contributed by atoms with E-state index in [4.69, 9.17) is 11.6 Å². The third-order valence-electron chi connectivity index (χ3n) is 4.23. The highest BCUT2D eigenvalue weighted by Crippen LogP contribution is 2.16. The van der Waals surface area contributed by atoms with Crippen molar-refractivity contribution in [3.63, 3.8) is 0 Å². The molecule has 1 aromatic heterocycles. The van der Waals surface area contributed by atoms with Gasteiger partial charge in [0, 0.05) is 56.3 Å². The van der Waals surface area contributed by atoms with Crippen molar-refractivity contribution >= 4 is 29.2 Å². The number of amides is 3. The molecule has 6 nitrogen and oxygen atoms in total. The molecule has 0 spiro atoms. The lowest BCUT2D eigenvalue weighted by Crippen LogP contribution is -2.39. The summed E-state index contributed by atoms with van der Waals surface area (Å²) in [7, 11) is 1.89. The SMILES string of the molecule is Cn1ccc(C(=O)N2CCCN(C(=O)Nc3cccc(Cl)c3)CC2)c1. The molecule has 0 radical (unpaired) electrons. The number of aromatic nitrogens is 1. The van der Waals surface area contributed by atoms with E-state index < -0.39 is 0 Å². The Labute approximate surface area is 152 Å². The zero-order valence-electron chi connectivity index (χ0n) is 14.1. The van der Waals surface area contributed by atoms with Crippen molar-refractivity contribution in [2.75, 3.05) is 31.5 Å².